The lowest BCUT2D eigenvalue weighted by atomic mass is 9.85. The molecule has 1 unspecified atom stereocenters. The van der Waals surface area contributed by atoms with Gasteiger partial charge in [0.1, 0.15) is 12.1 Å². The van der Waals surface area contributed by atoms with Gasteiger partial charge in [0.2, 0.25) is 5.91 Å². The van der Waals surface area contributed by atoms with Crippen molar-refractivity contribution >= 4 is 33.8 Å². The van der Waals surface area contributed by atoms with E-state index in [0.717, 1.165) is 33.3 Å². The molecule has 0 bridgehead atoms. The molecule has 30 heavy (non-hydrogen) atoms. The normalized spacial score (nSPS) is 18.4. The second-order valence-corrected chi connectivity index (χ2v) is 8.49. The Labute approximate surface area is 185 Å². The molecule has 7 heteroatoms. The number of amides is 4. The lowest BCUT2D eigenvalue weighted by molar-refractivity contribution is -0.139. The number of benzene rings is 2. The molecule has 2 aromatic rings. The monoisotopic (exact) mass is 471 g/mol. The van der Waals surface area contributed by atoms with Crippen molar-refractivity contribution in [2.24, 2.45) is 0 Å². The van der Waals surface area contributed by atoms with Crippen molar-refractivity contribution in [3.05, 3.63) is 70.2 Å². The summed E-state index contributed by atoms with van der Waals surface area (Å²) in [4.78, 5) is 41.4. The van der Waals surface area contributed by atoms with Gasteiger partial charge in [0.05, 0.1) is 0 Å². The Morgan fingerprint density at radius 3 is 2.40 bits per heavy atom. The first-order valence-electron chi connectivity index (χ1n) is 10.1. The van der Waals surface area contributed by atoms with Crippen LogP contribution in [0.4, 0.5) is 4.79 Å². The average Bonchev–Trinajstić information content (AvgIpc) is 2.99. The highest BCUT2D eigenvalue weighted by atomic mass is 79.9. The first-order valence-corrected chi connectivity index (χ1v) is 10.8. The van der Waals surface area contributed by atoms with Crippen LogP contribution in [0.15, 0.2) is 59.1 Å². The van der Waals surface area contributed by atoms with Crippen LogP contribution in [0.3, 0.4) is 0 Å². The van der Waals surface area contributed by atoms with Gasteiger partial charge in [-0.05, 0) is 29.7 Å². The summed E-state index contributed by atoms with van der Waals surface area (Å²) in [6, 6.07) is 16.4. The number of carbonyl (C=O) groups excluding carboxylic acids is 3. The maximum Gasteiger partial charge on any atom is 0.325 e. The van der Waals surface area contributed by atoms with E-state index >= 15 is 0 Å². The molecule has 1 saturated heterocycles. The third-order valence-corrected chi connectivity index (χ3v) is 5.93. The highest BCUT2D eigenvalue weighted by Gasteiger charge is 2.52. The Kier molecular flexibility index (Phi) is 6.92. The van der Waals surface area contributed by atoms with Crippen LogP contribution in [-0.2, 0) is 21.7 Å². The molecule has 1 aliphatic heterocycles. The SMILES string of the molecule is CCCCC1(c2ccccc2)NC(=O)N(CC(=O)N(C)Cc2ccc(Br)cc2)C1=O. The van der Waals surface area contributed by atoms with Crippen molar-refractivity contribution in [1.29, 1.82) is 0 Å². The summed E-state index contributed by atoms with van der Waals surface area (Å²) < 4.78 is 0.962. The largest absolute Gasteiger partial charge is 0.340 e. The van der Waals surface area contributed by atoms with Gasteiger partial charge in [0.25, 0.3) is 5.91 Å². The van der Waals surface area contributed by atoms with Gasteiger partial charge in [-0.1, -0.05) is 78.2 Å². The summed E-state index contributed by atoms with van der Waals surface area (Å²) in [6.07, 6.45) is 2.18. The molecule has 4 amide bonds. The number of urea groups is 1. The van der Waals surface area contributed by atoms with Crippen LogP contribution in [0.1, 0.15) is 37.3 Å². The number of unbranched alkanes of at least 4 members (excludes halogenated alkanes) is 1. The van der Waals surface area contributed by atoms with E-state index in [1.165, 1.54) is 4.90 Å². The summed E-state index contributed by atoms with van der Waals surface area (Å²) in [5.41, 5.74) is 0.599. The van der Waals surface area contributed by atoms with Gasteiger partial charge in [-0.2, -0.15) is 0 Å². The van der Waals surface area contributed by atoms with Crippen molar-refractivity contribution in [2.75, 3.05) is 13.6 Å². The Morgan fingerprint density at radius 1 is 1.10 bits per heavy atom. The zero-order chi connectivity index (χ0) is 21.7. The quantitative estimate of drug-likeness (QED) is 0.590. The van der Waals surface area contributed by atoms with Crippen LogP contribution in [0, 0.1) is 0 Å². The van der Waals surface area contributed by atoms with Crippen LogP contribution in [0.2, 0.25) is 0 Å². The first-order chi connectivity index (χ1) is 14.4. The molecule has 158 valence electrons. The van der Waals surface area contributed by atoms with Crippen molar-refractivity contribution in [3.8, 4) is 0 Å². The van der Waals surface area contributed by atoms with Crippen molar-refractivity contribution in [2.45, 2.75) is 38.3 Å². The minimum absolute atomic E-state index is 0.279. The van der Waals surface area contributed by atoms with Crippen LogP contribution in [0.5, 0.6) is 0 Å². The zero-order valence-corrected chi connectivity index (χ0v) is 18.8. The summed E-state index contributed by atoms with van der Waals surface area (Å²) in [5.74, 6) is -0.654. The summed E-state index contributed by atoms with van der Waals surface area (Å²) >= 11 is 3.39. The summed E-state index contributed by atoms with van der Waals surface area (Å²) in [6.45, 7) is 2.16. The standard InChI is InChI=1S/C23H26BrN3O3/c1-3-4-14-23(18-8-6-5-7-9-18)21(29)27(22(30)25-23)16-20(28)26(2)15-17-10-12-19(24)13-11-17/h5-13H,3-4,14-16H2,1-2H3,(H,25,30). The molecule has 0 saturated carbocycles. The van der Waals surface area contributed by atoms with Crippen LogP contribution >= 0.6 is 15.9 Å². The van der Waals surface area contributed by atoms with Gasteiger partial charge < -0.3 is 10.2 Å². The lowest BCUT2D eigenvalue weighted by Gasteiger charge is -2.27. The molecule has 2 aromatic carbocycles. The second kappa shape index (κ2) is 9.43. The Balaban J connectivity index is 1.75. The Bertz CT molecular complexity index is 917. The average molecular weight is 472 g/mol. The summed E-state index contributed by atoms with van der Waals surface area (Å²) in [5, 5.41) is 2.88. The molecule has 6 nitrogen and oxygen atoms in total. The van der Waals surface area contributed by atoms with E-state index in [1.807, 2.05) is 61.5 Å². The predicted molar refractivity (Wildman–Crippen MR) is 119 cm³/mol. The molecule has 1 fully saturated rings. The molecule has 1 N–H and O–H groups in total. The lowest BCUT2D eigenvalue weighted by Crippen LogP contribution is -2.45. The van der Waals surface area contributed by atoms with Crippen LogP contribution in [-0.4, -0.2) is 41.2 Å². The van der Waals surface area contributed by atoms with Crippen LogP contribution in [0.25, 0.3) is 0 Å². The zero-order valence-electron chi connectivity index (χ0n) is 17.2. The van der Waals surface area contributed by atoms with Crippen molar-refractivity contribution in [3.63, 3.8) is 0 Å². The number of nitrogens with one attached hydrogen (secondary N) is 1. The van der Waals surface area contributed by atoms with E-state index in [0.29, 0.717) is 13.0 Å². The van der Waals surface area contributed by atoms with Gasteiger partial charge in [0.15, 0.2) is 0 Å². The van der Waals surface area contributed by atoms with E-state index < -0.39 is 11.6 Å². The maximum atomic E-state index is 13.4. The minimum Gasteiger partial charge on any atom is -0.340 e. The fourth-order valence-electron chi connectivity index (χ4n) is 3.65. The topological polar surface area (TPSA) is 69.7 Å². The van der Waals surface area contributed by atoms with Gasteiger partial charge in [-0.15, -0.1) is 0 Å². The predicted octanol–water partition coefficient (Wildman–Crippen LogP) is 4.05. The van der Waals surface area contributed by atoms with Gasteiger partial charge in [0, 0.05) is 18.1 Å². The molecule has 1 aliphatic rings. The molecular weight excluding hydrogens is 446 g/mol. The van der Waals surface area contributed by atoms with Gasteiger partial charge in [-0.3, -0.25) is 14.5 Å². The number of rotatable bonds is 8. The van der Waals surface area contributed by atoms with E-state index in [4.69, 9.17) is 0 Å². The van der Waals surface area contributed by atoms with Gasteiger partial charge >= 0.3 is 6.03 Å². The van der Waals surface area contributed by atoms with E-state index in [-0.39, 0.29) is 18.4 Å². The number of nitrogens with zero attached hydrogens (tertiary/aromatic N) is 2. The van der Waals surface area contributed by atoms with E-state index in [9.17, 15) is 14.4 Å². The smallest absolute Gasteiger partial charge is 0.325 e. The fourth-order valence-corrected chi connectivity index (χ4v) is 3.92. The second-order valence-electron chi connectivity index (χ2n) is 7.57. The molecule has 0 aliphatic carbocycles. The Morgan fingerprint density at radius 2 is 1.77 bits per heavy atom. The molecule has 0 aromatic heterocycles. The van der Waals surface area contributed by atoms with E-state index in [2.05, 4.69) is 21.2 Å². The maximum absolute atomic E-state index is 13.4. The van der Waals surface area contributed by atoms with Crippen molar-refractivity contribution in [1.82, 2.24) is 15.1 Å². The number of halogens is 1. The first kappa shape index (κ1) is 22.0. The number of hydrogen-bond donors (Lipinski definition) is 1. The number of imide groups is 1. The van der Waals surface area contributed by atoms with E-state index in [1.54, 1.807) is 7.05 Å². The Hall–Kier alpha value is -2.67. The summed E-state index contributed by atoms with van der Waals surface area (Å²) in [7, 11) is 1.67. The third kappa shape index (κ3) is 4.56. The highest BCUT2D eigenvalue weighted by molar-refractivity contribution is 9.10. The third-order valence-electron chi connectivity index (χ3n) is 5.40. The van der Waals surface area contributed by atoms with Crippen LogP contribution < -0.4 is 5.32 Å². The molecule has 0 radical (unpaired) electrons. The fraction of sp³-hybridized carbons (Fsp3) is 0.348. The molecule has 3 rings (SSSR count). The molecular formula is C23H26BrN3O3. The molecule has 0 spiro atoms. The minimum atomic E-state index is -1.11. The molecule has 1 atom stereocenters. The number of hydrogen-bond acceptors (Lipinski definition) is 3. The van der Waals surface area contributed by atoms with Crippen molar-refractivity contribution < 1.29 is 14.4 Å². The molecule has 1 heterocycles. The number of carbonyl (C=O) groups is 3. The highest BCUT2D eigenvalue weighted by Crippen LogP contribution is 2.34. The number of likely N-dealkylation sites (N-methyl/N-ethyl adjacent to an activating group) is 1. The van der Waals surface area contributed by atoms with Gasteiger partial charge in [-0.25, -0.2) is 4.79 Å².